The van der Waals surface area contributed by atoms with Gasteiger partial charge < -0.3 is 10.1 Å². The number of amides is 1. The second-order valence-corrected chi connectivity index (χ2v) is 5.43. The zero-order valence-electron chi connectivity index (χ0n) is 13.5. The van der Waals surface area contributed by atoms with Crippen LogP contribution >= 0.6 is 0 Å². The van der Waals surface area contributed by atoms with Gasteiger partial charge in [-0.3, -0.25) is 9.59 Å². The Bertz CT molecular complexity index is 964. The molecule has 124 valence electrons. The number of carbonyl (C=O) groups is 3. The zero-order chi connectivity index (χ0) is 17.8. The molecule has 0 bridgehead atoms. The minimum Gasteiger partial charge on any atom is -0.465 e. The van der Waals surface area contributed by atoms with E-state index in [-0.39, 0.29) is 11.1 Å². The second kappa shape index (κ2) is 6.97. The highest BCUT2D eigenvalue weighted by molar-refractivity contribution is 6.11. The summed E-state index contributed by atoms with van der Waals surface area (Å²) in [6.45, 7) is 0. The summed E-state index contributed by atoms with van der Waals surface area (Å²) in [5.74, 6) is -0.852. The number of carbonyl (C=O) groups excluding carboxylic acids is 3. The van der Waals surface area contributed by atoms with Crippen molar-refractivity contribution in [2.75, 3.05) is 12.4 Å². The molecule has 3 aromatic carbocycles. The molecule has 0 aliphatic carbocycles. The van der Waals surface area contributed by atoms with Crippen molar-refractivity contribution in [2.24, 2.45) is 0 Å². The Hall–Kier alpha value is -3.47. The molecule has 0 saturated heterocycles. The third-order valence-corrected chi connectivity index (χ3v) is 3.83. The molecule has 0 aliphatic heterocycles. The predicted molar refractivity (Wildman–Crippen MR) is 95.1 cm³/mol. The number of esters is 1. The summed E-state index contributed by atoms with van der Waals surface area (Å²) in [7, 11) is 1.31. The molecule has 0 aliphatic rings. The molecule has 5 nitrogen and oxygen atoms in total. The van der Waals surface area contributed by atoms with Crippen molar-refractivity contribution in [3.63, 3.8) is 0 Å². The molecule has 0 heterocycles. The van der Waals surface area contributed by atoms with E-state index in [1.54, 1.807) is 54.6 Å². The van der Waals surface area contributed by atoms with Gasteiger partial charge in [-0.15, -0.1) is 0 Å². The van der Waals surface area contributed by atoms with E-state index in [1.807, 2.05) is 6.07 Å². The summed E-state index contributed by atoms with van der Waals surface area (Å²) < 4.78 is 4.71. The van der Waals surface area contributed by atoms with Gasteiger partial charge in [0.15, 0.2) is 6.29 Å². The molecule has 0 unspecified atom stereocenters. The van der Waals surface area contributed by atoms with Crippen LogP contribution in [0, 0.1) is 0 Å². The molecule has 0 saturated carbocycles. The van der Waals surface area contributed by atoms with Gasteiger partial charge in [-0.1, -0.05) is 24.3 Å². The summed E-state index contributed by atoms with van der Waals surface area (Å²) in [4.78, 5) is 35.6. The molecule has 0 radical (unpaired) electrons. The summed E-state index contributed by atoms with van der Waals surface area (Å²) in [6, 6.07) is 17.2. The smallest absolute Gasteiger partial charge is 0.337 e. The number of nitrogens with one attached hydrogen (secondary N) is 1. The van der Waals surface area contributed by atoms with Crippen LogP contribution in [0.5, 0.6) is 0 Å². The van der Waals surface area contributed by atoms with Crippen LogP contribution in [0.3, 0.4) is 0 Å². The van der Waals surface area contributed by atoms with Gasteiger partial charge in [0.05, 0.1) is 18.2 Å². The highest BCUT2D eigenvalue weighted by Crippen LogP contribution is 2.22. The van der Waals surface area contributed by atoms with Crippen molar-refractivity contribution in [3.8, 4) is 0 Å². The minimum absolute atomic E-state index is 0.244. The lowest BCUT2D eigenvalue weighted by molar-refractivity contribution is 0.0600. The SMILES string of the molecule is COC(=O)c1ccc2cc(C=O)c(C(=O)Nc3ccccc3)cc2c1. The van der Waals surface area contributed by atoms with E-state index in [4.69, 9.17) is 4.74 Å². The standard InChI is InChI=1S/C20H15NO4/c1-25-20(24)14-8-7-13-9-16(12-22)18(11-15(13)10-14)19(23)21-17-5-3-2-4-6-17/h2-12H,1H3,(H,21,23). The van der Waals surface area contributed by atoms with E-state index in [9.17, 15) is 14.4 Å². The molecular weight excluding hydrogens is 318 g/mol. The van der Waals surface area contributed by atoms with E-state index in [2.05, 4.69) is 5.32 Å². The van der Waals surface area contributed by atoms with Crippen LogP contribution in [0.1, 0.15) is 31.1 Å². The number of aldehydes is 1. The lowest BCUT2D eigenvalue weighted by atomic mass is 9.99. The van der Waals surface area contributed by atoms with Crippen LogP contribution in [0.2, 0.25) is 0 Å². The molecule has 25 heavy (non-hydrogen) atoms. The van der Waals surface area contributed by atoms with Gasteiger partial charge in [0.1, 0.15) is 0 Å². The number of rotatable bonds is 4. The number of methoxy groups -OCH3 is 1. The number of hydrogen-bond acceptors (Lipinski definition) is 4. The largest absolute Gasteiger partial charge is 0.465 e. The van der Waals surface area contributed by atoms with Crippen molar-refractivity contribution < 1.29 is 19.1 Å². The Morgan fingerprint density at radius 3 is 2.40 bits per heavy atom. The molecule has 1 N–H and O–H groups in total. The Morgan fingerprint density at radius 2 is 1.72 bits per heavy atom. The Kier molecular flexibility index (Phi) is 4.57. The van der Waals surface area contributed by atoms with Crippen molar-refractivity contribution in [2.45, 2.75) is 0 Å². The second-order valence-electron chi connectivity index (χ2n) is 5.43. The fourth-order valence-electron chi connectivity index (χ4n) is 2.57. The highest BCUT2D eigenvalue weighted by atomic mass is 16.5. The Balaban J connectivity index is 2.04. The summed E-state index contributed by atoms with van der Waals surface area (Å²) in [6.07, 6.45) is 0.646. The summed E-state index contributed by atoms with van der Waals surface area (Å²) in [5, 5.41) is 4.19. The average Bonchev–Trinajstić information content (AvgIpc) is 2.66. The number of fused-ring (bicyclic) bond motifs is 1. The molecular formula is C20H15NO4. The number of hydrogen-bond donors (Lipinski definition) is 1. The first-order chi connectivity index (χ1) is 12.1. The third kappa shape index (κ3) is 3.40. The average molecular weight is 333 g/mol. The fraction of sp³-hybridized carbons (Fsp3) is 0.0500. The fourth-order valence-corrected chi connectivity index (χ4v) is 2.57. The Labute approximate surface area is 144 Å². The quantitative estimate of drug-likeness (QED) is 0.584. The maximum atomic E-state index is 12.6. The van der Waals surface area contributed by atoms with Crippen molar-refractivity contribution in [1.82, 2.24) is 0 Å². The monoisotopic (exact) mass is 333 g/mol. The topological polar surface area (TPSA) is 72.5 Å². The minimum atomic E-state index is -0.461. The molecule has 0 aromatic heterocycles. The number of benzene rings is 3. The van der Waals surface area contributed by atoms with Gasteiger partial charge in [0, 0.05) is 11.3 Å². The summed E-state index contributed by atoms with van der Waals surface area (Å²) >= 11 is 0. The van der Waals surface area contributed by atoms with Crippen molar-refractivity contribution >= 4 is 34.6 Å². The molecule has 1 amide bonds. The van der Waals surface area contributed by atoms with Crippen LogP contribution in [0.15, 0.2) is 60.7 Å². The molecule has 3 aromatic rings. The first-order valence-corrected chi connectivity index (χ1v) is 7.60. The molecule has 3 rings (SSSR count). The van der Waals surface area contributed by atoms with E-state index < -0.39 is 11.9 Å². The third-order valence-electron chi connectivity index (χ3n) is 3.83. The van der Waals surface area contributed by atoms with Crippen molar-refractivity contribution in [1.29, 1.82) is 0 Å². The first kappa shape index (κ1) is 16.4. The molecule has 0 spiro atoms. The molecule has 0 atom stereocenters. The maximum absolute atomic E-state index is 12.6. The van der Waals surface area contributed by atoms with Gasteiger partial charge in [0.25, 0.3) is 5.91 Å². The van der Waals surface area contributed by atoms with Gasteiger partial charge in [0.2, 0.25) is 0 Å². The molecule has 5 heteroatoms. The number of para-hydroxylation sites is 1. The number of ether oxygens (including phenoxy) is 1. The van der Waals surface area contributed by atoms with E-state index in [0.717, 1.165) is 5.39 Å². The van der Waals surface area contributed by atoms with Crippen LogP contribution < -0.4 is 5.32 Å². The van der Waals surface area contributed by atoms with Crippen LogP contribution in [-0.4, -0.2) is 25.3 Å². The van der Waals surface area contributed by atoms with Crippen LogP contribution in [-0.2, 0) is 4.74 Å². The van der Waals surface area contributed by atoms with Crippen LogP contribution in [0.4, 0.5) is 5.69 Å². The molecule has 0 fully saturated rings. The van der Waals surface area contributed by atoms with E-state index in [0.29, 0.717) is 22.9 Å². The van der Waals surface area contributed by atoms with Gasteiger partial charge in [-0.05, 0) is 47.2 Å². The van der Waals surface area contributed by atoms with Crippen molar-refractivity contribution in [3.05, 3.63) is 77.4 Å². The van der Waals surface area contributed by atoms with Crippen LogP contribution in [0.25, 0.3) is 10.8 Å². The van der Waals surface area contributed by atoms with E-state index >= 15 is 0 Å². The Morgan fingerprint density at radius 1 is 0.960 bits per heavy atom. The van der Waals surface area contributed by atoms with E-state index in [1.165, 1.54) is 7.11 Å². The number of anilines is 1. The normalized spacial score (nSPS) is 10.3. The zero-order valence-corrected chi connectivity index (χ0v) is 13.5. The highest BCUT2D eigenvalue weighted by Gasteiger charge is 2.14. The predicted octanol–water partition coefficient (Wildman–Crippen LogP) is 3.69. The first-order valence-electron chi connectivity index (χ1n) is 7.60. The lowest BCUT2D eigenvalue weighted by Crippen LogP contribution is -2.14. The van der Waals surface area contributed by atoms with Gasteiger partial charge >= 0.3 is 5.97 Å². The maximum Gasteiger partial charge on any atom is 0.337 e. The van der Waals surface area contributed by atoms with Gasteiger partial charge in [-0.2, -0.15) is 0 Å². The van der Waals surface area contributed by atoms with Gasteiger partial charge in [-0.25, -0.2) is 4.79 Å². The lowest BCUT2D eigenvalue weighted by Gasteiger charge is -2.09. The summed E-state index contributed by atoms with van der Waals surface area (Å²) in [5.41, 5.74) is 1.54.